The van der Waals surface area contributed by atoms with Crippen LogP contribution < -0.4 is 5.32 Å². The average molecular weight is 253 g/mol. The van der Waals surface area contributed by atoms with Gasteiger partial charge in [0.15, 0.2) is 6.29 Å². The Morgan fingerprint density at radius 1 is 1.17 bits per heavy atom. The summed E-state index contributed by atoms with van der Waals surface area (Å²) in [6.45, 7) is 2.83. The highest BCUT2D eigenvalue weighted by molar-refractivity contribution is 5.25. The van der Waals surface area contributed by atoms with Crippen molar-refractivity contribution in [2.24, 2.45) is 0 Å². The van der Waals surface area contributed by atoms with Crippen molar-refractivity contribution in [3.05, 3.63) is 29.8 Å². The molecule has 0 aliphatic heterocycles. The third kappa shape index (κ3) is 5.49. The Bertz CT molecular complexity index is 322. The smallest absolute Gasteiger partial charge is 0.169 e. The molecule has 18 heavy (non-hydrogen) atoms. The lowest BCUT2D eigenvalue weighted by atomic mass is 10.1. The van der Waals surface area contributed by atoms with Crippen molar-refractivity contribution in [1.82, 2.24) is 5.32 Å². The lowest BCUT2D eigenvalue weighted by molar-refractivity contribution is -0.0997. The predicted octanol–water partition coefficient (Wildman–Crippen LogP) is 1.92. The van der Waals surface area contributed by atoms with Crippen LogP contribution in [0.4, 0.5) is 0 Å². The second-order valence-electron chi connectivity index (χ2n) is 4.42. The maximum Gasteiger partial charge on any atom is 0.169 e. The summed E-state index contributed by atoms with van der Waals surface area (Å²) in [7, 11) is 3.27. The van der Waals surface area contributed by atoms with E-state index in [-0.39, 0.29) is 6.29 Å². The summed E-state index contributed by atoms with van der Waals surface area (Å²) in [4.78, 5) is 0. The van der Waals surface area contributed by atoms with Gasteiger partial charge >= 0.3 is 0 Å². The van der Waals surface area contributed by atoms with Gasteiger partial charge in [0.25, 0.3) is 0 Å². The molecule has 0 saturated carbocycles. The van der Waals surface area contributed by atoms with Crippen molar-refractivity contribution >= 4 is 0 Å². The lowest BCUT2D eigenvalue weighted by Gasteiger charge is -2.18. The summed E-state index contributed by atoms with van der Waals surface area (Å²) in [6, 6.07) is 7.75. The molecule has 102 valence electrons. The van der Waals surface area contributed by atoms with Gasteiger partial charge in [-0.05, 0) is 37.5 Å². The van der Waals surface area contributed by atoms with E-state index in [0.29, 0.717) is 18.3 Å². The highest BCUT2D eigenvalue weighted by Crippen LogP contribution is 2.11. The van der Waals surface area contributed by atoms with Gasteiger partial charge in [0.1, 0.15) is 5.75 Å². The molecule has 1 atom stereocenters. The molecule has 0 radical (unpaired) electrons. The molecule has 0 saturated heterocycles. The zero-order valence-corrected chi connectivity index (χ0v) is 11.3. The van der Waals surface area contributed by atoms with Crippen LogP contribution in [0.15, 0.2) is 24.3 Å². The molecule has 4 nitrogen and oxygen atoms in total. The van der Waals surface area contributed by atoms with Crippen molar-refractivity contribution < 1.29 is 14.6 Å². The Morgan fingerprint density at radius 2 is 1.78 bits per heavy atom. The van der Waals surface area contributed by atoms with E-state index in [1.165, 1.54) is 5.56 Å². The Balaban J connectivity index is 2.24. The third-order valence-electron chi connectivity index (χ3n) is 2.96. The van der Waals surface area contributed by atoms with Gasteiger partial charge in [0.2, 0.25) is 0 Å². The fourth-order valence-electron chi connectivity index (χ4n) is 1.71. The zero-order chi connectivity index (χ0) is 13.4. The van der Waals surface area contributed by atoms with Crippen LogP contribution in [-0.4, -0.2) is 38.2 Å². The molecule has 1 aromatic carbocycles. The first-order chi connectivity index (χ1) is 8.65. The minimum absolute atomic E-state index is 0.193. The summed E-state index contributed by atoms with van der Waals surface area (Å²) in [5.41, 5.74) is 1.23. The SMILES string of the molecule is COC(CNC(C)CCc1ccc(O)cc1)OC. The highest BCUT2D eigenvalue weighted by Gasteiger charge is 2.07. The summed E-state index contributed by atoms with van der Waals surface area (Å²) in [5.74, 6) is 0.313. The first kappa shape index (κ1) is 15.0. The normalized spacial score (nSPS) is 12.9. The van der Waals surface area contributed by atoms with Crippen LogP contribution in [0, 0.1) is 0 Å². The maximum atomic E-state index is 9.19. The van der Waals surface area contributed by atoms with Crippen LogP contribution >= 0.6 is 0 Å². The topological polar surface area (TPSA) is 50.7 Å². The second kappa shape index (κ2) is 8.08. The van der Waals surface area contributed by atoms with Crippen LogP contribution in [0.2, 0.25) is 0 Å². The van der Waals surface area contributed by atoms with E-state index in [0.717, 1.165) is 12.8 Å². The molecule has 0 aliphatic carbocycles. The standard InChI is InChI=1S/C14H23NO3/c1-11(15-10-14(17-2)18-3)4-5-12-6-8-13(16)9-7-12/h6-9,11,14-16H,4-5,10H2,1-3H3. The molecule has 0 aliphatic rings. The number of benzene rings is 1. The number of aromatic hydroxyl groups is 1. The number of rotatable bonds is 8. The summed E-state index contributed by atoms with van der Waals surface area (Å²) in [5, 5.41) is 12.6. The van der Waals surface area contributed by atoms with Crippen molar-refractivity contribution in [2.45, 2.75) is 32.1 Å². The van der Waals surface area contributed by atoms with Gasteiger partial charge < -0.3 is 19.9 Å². The van der Waals surface area contributed by atoms with Gasteiger partial charge in [-0.25, -0.2) is 0 Å². The fourth-order valence-corrected chi connectivity index (χ4v) is 1.71. The number of hydrogen-bond acceptors (Lipinski definition) is 4. The minimum Gasteiger partial charge on any atom is -0.508 e. The van der Waals surface area contributed by atoms with Crippen LogP contribution in [0.1, 0.15) is 18.9 Å². The summed E-state index contributed by atoms with van der Waals surface area (Å²) >= 11 is 0. The third-order valence-corrected chi connectivity index (χ3v) is 2.96. The van der Waals surface area contributed by atoms with Crippen molar-refractivity contribution in [3.8, 4) is 5.75 Å². The molecule has 1 unspecified atom stereocenters. The highest BCUT2D eigenvalue weighted by atomic mass is 16.7. The largest absolute Gasteiger partial charge is 0.508 e. The summed E-state index contributed by atoms with van der Waals surface area (Å²) in [6.07, 6.45) is 1.82. The molecule has 0 spiro atoms. The van der Waals surface area contributed by atoms with E-state index < -0.39 is 0 Å². The molecule has 1 rings (SSSR count). The predicted molar refractivity (Wildman–Crippen MR) is 71.7 cm³/mol. The molecular formula is C14H23NO3. The molecule has 0 heterocycles. The molecule has 2 N–H and O–H groups in total. The average Bonchev–Trinajstić information content (AvgIpc) is 2.39. The van der Waals surface area contributed by atoms with E-state index in [4.69, 9.17) is 9.47 Å². The number of methoxy groups -OCH3 is 2. The molecule has 0 bridgehead atoms. The van der Waals surface area contributed by atoms with E-state index in [9.17, 15) is 5.11 Å². The Labute approximate surface area is 109 Å². The van der Waals surface area contributed by atoms with Crippen LogP contribution in [-0.2, 0) is 15.9 Å². The van der Waals surface area contributed by atoms with Gasteiger partial charge in [0.05, 0.1) is 0 Å². The van der Waals surface area contributed by atoms with E-state index in [1.54, 1.807) is 26.4 Å². The molecule has 0 amide bonds. The number of ether oxygens (including phenoxy) is 2. The quantitative estimate of drug-likeness (QED) is 0.695. The van der Waals surface area contributed by atoms with Crippen molar-refractivity contribution in [2.75, 3.05) is 20.8 Å². The van der Waals surface area contributed by atoms with Crippen LogP contribution in [0.25, 0.3) is 0 Å². The number of phenolic OH excluding ortho intramolecular Hbond substituents is 1. The second-order valence-corrected chi connectivity index (χ2v) is 4.42. The lowest BCUT2D eigenvalue weighted by Crippen LogP contribution is -2.35. The Hall–Kier alpha value is -1.10. The van der Waals surface area contributed by atoms with E-state index >= 15 is 0 Å². The van der Waals surface area contributed by atoms with Gasteiger partial charge in [0, 0.05) is 26.8 Å². The van der Waals surface area contributed by atoms with Gasteiger partial charge in [-0.2, -0.15) is 0 Å². The van der Waals surface area contributed by atoms with Gasteiger partial charge in [-0.1, -0.05) is 12.1 Å². The minimum atomic E-state index is -0.193. The van der Waals surface area contributed by atoms with Crippen molar-refractivity contribution in [1.29, 1.82) is 0 Å². The Kier molecular flexibility index (Phi) is 6.72. The number of hydrogen-bond donors (Lipinski definition) is 2. The zero-order valence-electron chi connectivity index (χ0n) is 11.3. The van der Waals surface area contributed by atoms with Crippen LogP contribution in [0.5, 0.6) is 5.75 Å². The first-order valence-electron chi connectivity index (χ1n) is 6.22. The van der Waals surface area contributed by atoms with E-state index in [1.807, 2.05) is 12.1 Å². The number of phenols is 1. The van der Waals surface area contributed by atoms with Crippen LogP contribution in [0.3, 0.4) is 0 Å². The van der Waals surface area contributed by atoms with Crippen molar-refractivity contribution in [3.63, 3.8) is 0 Å². The number of aryl methyl sites for hydroxylation is 1. The summed E-state index contributed by atoms with van der Waals surface area (Å²) < 4.78 is 10.2. The Morgan fingerprint density at radius 3 is 2.33 bits per heavy atom. The molecule has 4 heteroatoms. The maximum absolute atomic E-state index is 9.19. The fraction of sp³-hybridized carbons (Fsp3) is 0.571. The molecule has 0 fully saturated rings. The molecule has 1 aromatic rings. The van der Waals surface area contributed by atoms with E-state index in [2.05, 4.69) is 12.2 Å². The number of nitrogens with one attached hydrogen (secondary N) is 1. The van der Waals surface area contributed by atoms with Gasteiger partial charge in [-0.3, -0.25) is 0 Å². The first-order valence-corrected chi connectivity index (χ1v) is 6.22. The molecular weight excluding hydrogens is 230 g/mol. The monoisotopic (exact) mass is 253 g/mol. The molecule has 0 aromatic heterocycles. The van der Waals surface area contributed by atoms with Gasteiger partial charge in [-0.15, -0.1) is 0 Å².